The van der Waals surface area contributed by atoms with Gasteiger partial charge >= 0.3 is 8.80 Å². The van der Waals surface area contributed by atoms with Gasteiger partial charge in [-0.2, -0.15) is 0 Å². The Morgan fingerprint density at radius 3 is 2.42 bits per heavy atom. The second-order valence-electron chi connectivity index (χ2n) is 5.91. The zero-order chi connectivity index (χ0) is 13.7. The summed E-state index contributed by atoms with van der Waals surface area (Å²) in [4.78, 5) is 0. The molecule has 1 saturated carbocycles. The first kappa shape index (κ1) is 15.4. The summed E-state index contributed by atoms with van der Waals surface area (Å²) >= 11 is 0. The summed E-state index contributed by atoms with van der Waals surface area (Å²) in [7, 11) is 2.75. The first-order chi connectivity index (χ1) is 9.24. The zero-order valence-electron chi connectivity index (χ0n) is 12.6. The third kappa shape index (κ3) is 3.58. The number of rotatable bonds is 7. The van der Waals surface area contributed by atoms with E-state index in [0.29, 0.717) is 0 Å². The van der Waals surface area contributed by atoms with Gasteiger partial charge in [-0.05, 0) is 44.1 Å². The molecule has 2 rings (SSSR count). The Kier molecular flexibility index (Phi) is 5.83. The first-order valence-corrected chi connectivity index (χ1v) is 9.56. The van der Waals surface area contributed by atoms with Gasteiger partial charge in [-0.25, -0.2) is 0 Å². The van der Waals surface area contributed by atoms with Gasteiger partial charge in [-0.1, -0.05) is 12.8 Å². The van der Waals surface area contributed by atoms with E-state index in [4.69, 9.17) is 13.3 Å². The van der Waals surface area contributed by atoms with E-state index in [2.05, 4.69) is 5.32 Å². The van der Waals surface area contributed by atoms with Gasteiger partial charge in [0.25, 0.3) is 0 Å². The van der Waals surface area contributed by atoms with Crippen molar-refractivity contribution >= 4 is 8.80 Å². The molecule has 2 fully saturated rings. The monoisotopic (exact) mass is 287 g/mol. The molecule has 1 heterocycles. The van der Waals surface area contributed by atoms with E-state index < -0.39 is 8.80 Å². The van der Waals surface area contributed by atoms with Gasteiger partial charge in [-0.3, -0.25) is 0 Å². The summed E-state index contributed by atoms with van der Waals surface area (Å²) < 4.78 is 16.5. The van der Waals surface area contributed by atoms with Crippen molar-refractivity contribution in [3.8, 4) is 0 Å². The van der Waals surface area contributed by atoms with Crippen molar-refractivity contribution in [3.63, 3.8) is 0 Å². The second-order valence-corrected chi connectivity index (χ2v) is 9.00. The number of hydrogen-bond donors (Lipinski definition) is 1. The summed E-state index contributed by atoms with van der Waals surface area (Å²) in [5, 5.41) is 3.72. The predicted octanol–water partition coefficient (Wildman–Crippen LogP) is 2.42. The lowest BCUT2D eigenvalue weighted by Gasteiger charge is -2.29. The van der Waals surface area contributed by atoms with E-state index in [-0.39, 0.29) is 0 Å². The van der Waals surface area contributed by atoms with Crippen LogP contribution < -0.4 is 5.32 Å². The van der Waals surface area contributed by atoms with Crippen molar-refractivity contribution in [2.24, 2.45) is 11.8 Å². The van der Waals surface area contributed by atoms with E-state index >= 15 is 0 Å². The molecule has 4 nitrogen and oxygen atoms in total. The van der Waals surface area contributed by atoms with Crippen molar-refractivity contribution < 1.29 is 13.3 Å². The highest BCUT2D eigenvalue weighted by molar-refractivity contribution is 6.60. The molecule has 0 aromatic rings. The highest BCUT2D eigenvalue weighted by atomic mass is 28.4. The van der Waals surface area contributed by atoms with Crippen LogP contribution in [0.25, 0.3) is 0 Å². The maximum absolute atomic E-state index is 5.49. The number of hydrogen-bond acceptors (Lipinski definition) is 4. The molecule has 1 saturated heterocycles. The Morgan fingerprint density at radius 2 is 1.74 bits per heavy atom. The SMILES string of the molecule is CO[Si](CCCC1CNC2CCCCC12)(OC)OC. The minimum Gasteiger partial charge on any atom is -0.377 e. The fourth-order valence-corrected chi connectivity index (χ4v) is 5.63. The maximum Gasteiger partial charge on any atom is 0.500 e. The van der Waals surface area contributed by atoms with E-state index in [1.54, 1.807) is 21.3 Å². The molecule has 0 amide bonds. The molecule has 0 aromatic heterocycles. The smallest absolute Gasteiger partial charge is 0.377 e. The van der Waals surface area contributed by atoms with Crippen molar-refractivity contribution in [2.45, 2.75) is 50.6 Å². The van der Waals surface area contributed by atoms with Gasteiger partial charge in [0.1, 0.15) is 0 Å². The highest BCUT2D eigenvalue weighted by Gasteiger charge is 2.40. The van der Waals surface area contributed by atoms with Crippen LogP contribution in [0.15, 0.2) is 0 Å². The molecule has 112 valence electrons. The molecular formula is C14H29NO3Si. The van der Waals surface area contributed by atoms with Gasteiger partial charge in [0.05, 0.1) is 0 Å². The van der Waals surface area contributed by atoms with Crippen molar-refractivity contribution in [1.29, 1.82) is 0 Å². The fourth-order valence-electron chi connectivity index (χ4n) is 3.88. The van der Waals surface area contributed by atoms with Crippen LogP contribution in [0, 0.1) is 11.8 Å². The van der Waals surface area contributed by atoms with Gasteiger partial charge in [-0.15, -0.1) is 0 Å². The third-order valence-electron chi connectivity index (χ3n) is 5.06. The van der Waals surface area contributed by atoms with Crippen LogP contribution in [0.3, 0.4) is 0 Å². The fraction of sp³-hybridized carbons (Fsp3) is 1.00. The van der Waals surface area contributed by atoms with Crippen LogP contribution >= 0.6 is 0 Å². The van der Waals surface area contributed by atoms with Crippen LogP contribution in [0.2, 0.25) is 6.04 Å². The van der Waals surface area contributed by atoms with Crippen molar-refractivity contribution in [3.05, 3.63) is 0 Å². The normalized spacial score (nSPS) is 31.4. The Hall–Kier alpha value is 0.0569. The van der Waals surface area contributed by atoms with Gasteiger partial charge in [0, 0.05) is 33.4 Å². The van der Waals surface area contributed by atoms with E-state index in [1.807, 2.05) is 0 Å². The molecule has 19 heavy (non-hydrogen) atoms. The highest BCUT2D eigenvalue weighted by Crippen LogP contribution is 2.37. The Bertz CT molecular complexity index is 265. The third-order valence-corrected chi connectivity index (χ3v) is 7.89. The maximum atomic E-state index is 5.49. The Labute approximate surface area is 118 Å². The molecule has 1 N–H and O–H groups in total. The first-order valence-electron chi connectivity index (χ1n) is 7.63. The molecular weight excluding hydrogens is 258 g/mol. The summed E-state index contributed by atoms with van der Waals surface area (Å²) in [6.45, 7) is 1.21. The Balaban J connectivity index is 1.76. The van der Waals surface area contributed by atoms with Crippen LogP contribution in [0.5, 0.6) is 0 Å². The molecule has 0 bridgehead atoms. The largest absolute Gasteiger partial charge is 0.500 e. The number of fused-ring (bicyclic) bond motifs is 1. The average Bonchev–Trinajstić information content (AvgIpc) is 2.88. The lowest BCUT2D eigenvalue weighted by atomic mass is 9.78. The average molecular weight is 287 g/mol. The van der Waals surface area contributed by atoms with E-state index in [1.165, 1.54) is 38.6 Å². The second kappa shape index (κ2) is 7.18. The van der Waals surface area contributed by atoms with E-state index in [0.717, 1.165) is 30.3 Å². The molecule has 2 aliphatic rings. The summed E-state index contributed by atoms with van der Waals surface area (Å²) in [5.74, 6) is 1.76. The van der Waals surface area contributed by atoms with E-state index in [9.17, 15) is 0 Å². The Morgan fingerprint density at radius 1 is 1.05 bits per heavy atom. The topological polar surface area (TPSA) is 39.7 Å². The van der Waals surface area contributed by atoms with Crippen LogP contribution in [0.1, 0.15) is 38.5 Å². The molecule has 0 spiro atoms. The minimum absolute atomic E-state index is 0.799. The lowest BCUT2D eigenvalue weighted by molar-refractivity contribution is 0.122. The molecule has 5 heteroatoms. The van der Waals surface area contributed by atoms with Gasteiger partial charge in [0.15, 0.2) is 0 Å². The zero-order valence-corrected chi connectivity index (χ0v) is 13.6. The minimum atomic E-state index is -2.35. The summed E-state index contributed by atoms with van der Waals surface area (Å²) in [5.41, 5.74) is 0. The molecule has 3 unspecified atom stereocenters. The summed E-state index contributed by atoms with van der Waals surface area (Å²) in [6, 6.07) is 1.73. The standard InChI is InChI=1S/C14H29NO3Si/c1-16-19(17-2,18-3)10-6-7-12-11-15-14-9-5-4-8-13(12)14/h12-15H,4-11H2,1-3H3. The summed E-state index contributed by atoms with van der Waals surface area (Å²) in [6.07, 6.45) is 8.06. The molecule has 1 aliphatic carbocycles. The lowest BCUT2D eigenvalue weighted by Crippen LogP contribution is -2.42. The quantitative estimate of drug-likeness (QED) is 0.730. The van der Waals surface area contributed by atoms with Crippen molar-refractivity contribution in [2.75, 3.05) is 27.9 Å². The predicted molar refractivity (Wildman–Crippen MR) is 78.1 cm³/mol. The number of nitrogens with one attached hydrogen (secondary N) is 1. The molecule has 0 aromatic carbocycles. The van der Waals surface area contributed by atoms with Gasteiger partial charge < -0.3 is 18.6 Å². The van der Waals surface area contributed by atoms with Crippen LogP contribution in [-0.4, -0.2) is 42.7 Å². The van der Waals surface area contributed by atoms with Crippen LogP contribution in [0.4, 0.5) is 0 Å². The van der Waals surface area contributed by atoms with Crippen molar-refractivity contribution in [1.82, 2.24) is 5.32 Å². The molecule has 1 aliphatic heterocycles. The molecule has 0 radical (unpaired) electrons. The van der Waals surface area contributed by atoms with Crippen LogP contribution in [-0.2, 0) is 13.3 Å². The molecule has 3 atom stereocenters. The van der Waals surface area contributed by atoms with Gasteiger partial charge in [0.2, 0.25) is 0 Å².